The molecule has 0 saturated carbocycles. The minimum atomic E-state index is -1.57. The van der Waals surface area contributed by atoms with Crippen LogP contribution in [0.5, 0.6) is 5.75 Å². The fourth-order valence-electron chi connectivity index (χ4n) is 5.37. The summed E-state index contributed by atoms with van der Waals surface area (Å²) in [4.78, 5) is 40.3. The molecule has 3 rings (SSSR count). The first-order valence-corrected chi connectivity index (χ1v) is 17.0. The molecule has 6 N–H and O–H groups in total. The summed E-state index contributed by atoms with van der Waals surface area (Å²) in [6, 6.07) is 11.7. The molecule has 2 aromatic rings. The Bertz CT molecular complexity index is 1450. The highest BCUT2D eigenvalue weighted by molar-refractivity contribution is 6.32. The SMILES string of the molecule is C=CCOCC[C@@H]1NC(=O)C(C)(C)CNC(=O)[C@@H](Cc2ccc(OC)c(Cl)c2)NC(=O)/C=C/C[C@@H]([C@H](C)[C@@H](O)[C@H](O)c2ccccc2)OC1O. The summed E-state index contributed by atoms with van der Waals surface area (Å²) >= 11 is 6.32. The first-order valence-electron chi connectivity index (χ1n) is 16.6. The highest BCUT2D eigenvalue weighted by Gasteiger charge is 2.36. The molecular weight excluding hydrogens is 666 g/mol. The van der Waals surface area contributed by atoms with Crippen LogP contribution in [-0.2, 0) is 30.3 Å². The maximum Gasteiger partial charge on any atom is 0.244 e. The van der Waals surface area contributed by atoms with Crippen LogP contribution in [0.15, 0.2) is 73.3 Å². The van der Waals surface area contributed by atoms with Gasteiger partial charge in [0.2, 0.25) is 17.7 Å². The monoisotopic (exact) mass is 715 g/mol. The summed E-state index contributed by atoms with van der Waals surface area (Å²) in [5.41, 5.74) is -0.00660. The van der Waals surface area contributed by atoms with Gasteiger partial charge >= 0.3 is 0 Å². The number of hydrogen-bond acceptors (Lipinski definition) is 9. The topological polar surface area (TPSA) is 176 Å². The van der Waals surface area contributed by atoms with Crippen molar-refractivity contribution in [3.8, 4) is 5.75 Å². The number of aliphatic hydroxyl groups excluding tert-OH is 3. The molecular formula is C37H50ClN3O9. The molecule has 274 valence electrons. The first kappa shape index (κ1) is 40.6. The maximum absolute atomic E-state index is 13.6. The van der Waals surface area contributed by atoms with Crippen LogP contribution in [0, 0.1) is 11.3 Å². The van der Waals surface area contributed by atoms with Gasteiger partial charge in [0.15, 0.2) is 6.29 Å². The zero-order valence-corrected chi connectivity index (χ0v) is 29.8. The van der Waals surface area contributed by atoms with Crippen LogP contribution >= 0.6 is 11.6 Å². The van der Waals surface area contributed by atoms with E-state index in [4.69, 9.17) is 25.8 Å². The lowest BCUT2D eigenvalue weighted by Crippen LogP contribution is -2.55. The van der Waals surface area contributed by atoms with E-state index in [-0.39, 0.29) is 39.0 Å². The number of rotatable bonds is 12. The van der Waals surface area contributed by atoms with Crippen LogP contribution in [0.25, 0.3) is 0 Å². The lowest BCUT2D eigenvalue weighted by atomic mass is 9.89. The summed E-state index contributed by atoms with van der Waals surface area (Å²) in [6.07, 6.45) is -0.505. The van der Waals surface area contributed by atoms with Crippen molar-refractivity contribution in [2.75, 3.05) is 26.9 Å². The molecule has 1 unspecified atom stereocenters. The number of carbonyl (C=O) groups excluding carboxylic acids is 3. The van der Waals surface area contributed by atoms with Crippen molar-refractivity contribution < 1.29 is 43.9 Å². The van der Waals surface area contributed by atoms with Crippen molar-refractivity contribution in [3.05, 3.63) is 89.5 Å². The molecule has 12 nitrogen and oxygen atoms in total. The standard InChI is InChI=1S/C37H50ClN3O9/c1-6-18-49-19-17-27-35(46)50-29(23(2)32(43)33(44)25-11-8-7-9-12-25)13-10-14-31(42)40-28(21-24-15-16-30(48-5)26(38)20-24)34(45)39-22-37(3,4)36(47)41-27/h6-12,14-16,20,23,27-29,32-33,35,43-44,46H,1,13,17-19,21-22H2,2-5H3,(H,39,45)(H,40,42)(H,41,47)/b14-10+/t23-,27-,28+,29-,32+,33+,35?/m0/s1. The predicted octanol–water partition coefficient (Wildman–Crippen LogP) is 2.99. The van der Waals surface area contributed by atoms with Gasteiger partial charge in [-0.25, -0.2) is 0 Å². The van der Waals surface area contributed by atoms with Gasteiger partial charge in [-0.1, -0.05) is 67.1 Å². The van der Waals surface area contributed by atoms with Crippen LogP contribution in [0.2, 0.25) is 5.02 Å². The van der Waals surface area contributed by atoms with E-state index in [2.05, 4.69) is 22.5 Å². The molecule has 13 heteroatoms. The molecule has 50 heavy (non-hydrogen) atoms. The third-order valence-electron chi connectivity index (χ3n) is 8.62. The van der Waals surface area contributed by atoms with Gasteiger partial charge in [0, 0.05) is 25.5 Å². The molecule has 0 radical (unpaired) electrons. The van der Waals surface area contributed by atoms with Gasteiger partial charge in [0.1, 0.15) is 17.9 Å². The van der Waals surface area contributed by atoms with Gasteiger partial charge in [-0.2, -0.15) is 0 Å². The zero-order chi connectivity index (χ0) is 36.8. The second kappa shape index (κ2) is 19.6. The van der Waals surface area contributed by atoms with Crippen molar-refractivity contribution in [2.45, 2.75) is 76.7 Å². The summed E-state index contributed by atoms with van der Waals surface area (Å²) in [5, 5.41) is 42.3. The molecule has 1 heterocycles. The molecule has 1 aliphatic heterocycles. The minimum Gasteiger partial charge on any atom is -0.495 e. The van der Waals surface area contributed by atoms with Gasteiger partial charge in [0.25, 0.3) is 0 Å². The van der Waals surface area contributed by atoms with Gasteiger partial charge in [-0.05, 0) is 56.0 Å². The van der Waals surface area contributed by atoms with Gasteiger partial charge in [-0.3, -0.25) is 14.4 Å². The normalized spacial score (nSPS) is 24.5. The summed E-state index contributed by atoms with van der Waals surface area (Å²) in [7, 11) is 1.49. The summed E-state index contributed by atoms with van der Waals surface area (Å²) in [6.45, 7) is 8.88. The van der Waals surface area contributed by atoms with Crippen LogP contribution in [0.4, 0.5) is 0 Å². The Kier molecular flexibility index (Phi) is 15.9. The Morgan fingerprint density at radius 3 is 2.50 bits per heavy atom. The molecule has 7 atom stereocenters. The number of carbonyl (C=O) groups is 3. The number of ether oxygens (including phenoxy) is 3. The Labute approximate surface area is 298 Å². The van der Waals surface area contributed by atoms with Crippen molar-refractivity contribution in [3.63, 3.8) is 0 Å². The van der Waals surface area contributed by atoms with E-state index in [1.54, 1.807) is 75.4 Å². The highest BCUT2D eigenvalue weighted by atomic mass is 35.5. The van der Waals surface area contributed by atoms with E-state index >= 15 is 0 Å². The van der Waals surface area contributed by atoms with E-state index in [9.17, 15) is 29.7 Å². The number of methoxy groups -OCH3 is 1. The molecule has 0 saturated heterocycles. The molecule has 2 aromatic carbocycles. The van der Waals surface area contributed by atoms with E-state index in [0.717, 1.165) is 0 Å². The van der Waals surface area contributed by atoms with E-state index < -0.39 is 65.7 Å². The quantitative estimate of drug-likeness (QED) is 0.143. The Morgan fingerprint density at radius 1 is 1.12 bits per heavy atom. The van der Waals surface area contributed by atoms with E-state index in [1.165, 1.54) is 19.3 Å². The number of amides is 3. The highest BCUT2D eigenvalue weighted by Crippen LogP contribution is 2.28. The molecule has 0 aliphatic carbocycles. The van der Waals surface area contributed by atoms with Crippen molar-refractivity contribution in [1.29, 1.82) is 0 Å². The lowest BCUT2D eigenvalue weighted by molar-refractivity contribution is -0.184. The zero-order valence-electron chi connectivity index (χ0n) is 29.0. The second-order valence-corrected chi connectivity index (χ2v) is 13.4. The van der Waals surface area contributed by atoms with Crippen LogP contribution in [0.3, 0.4) is 0 Å². The largest absolute Gasteiger partial charge is 0.495 e. The molecule has 0 fully saturated rings. The van der Waals surface area contributed by atoms with Crippen LogP contribution in [-0.4, -0.2) is 90.5 Å². The fourth-order valence-corrected chi connectivity index (χ4v) is 5.65. The Balaban J connectivity index is 1.95. The number of hydrogen-bond donors (Lipinski definition) is 6. The van der Waals surface area contributed by atoms with Gasteiger partial charge < -0.3 is 45.5 Å². The summed E-state index contributed by atoms with van der Waals surface area (Å²) in [5.74, 6) is -1.89. The maximum atomic E-state index is 13.6. The minimum absolute atomic E-state index is 0.0221. The Hall–Kier alpha value is -3.78. The van der Waals surface area contributed by atoms with Crippen LogP contribution < -0.4 is 20.7 Å². The van der Waals surface area contributed by atoms with Gasteiger partial charge in [-0.15, -0.1) is 6.58 Å². The number of halogens is 1. The van der Waals surface area contributed by atoms with Gasteiger partial charge in [0.05, 0.1) is 42.4 Å². The summed E-state index contributed by atoms with van der Waals surface area (Å²) < 4.78 is 16.9. The second-order valence-electron chi connectivity index (χ2n) is 13.0. The molecule has 0 spiro atoms. The Morgan fingerprint density at radius 2 is 1.84 bits per heavy atom. The van der Waals surface area contributed by atoms with Crippen molar-refractivity contribution in [2.24, 2.45) is 11.3 Å². The fraction of sp³-hybridized carbons (Fsp3) is 0.486. The third-order valence-corrected chi connectivity index (χ3v) is 8.91. The van der Waals surface area contributed by atoms with E-state index in [1.807, 2.05) is 0 Å². The van der Waals surface area contributed by atoms with Crippen molar-refractivity contribution >= 4 is 29.3 Å². The number of aliphatic hydroxyl groups is 3. The van der Waals surface area contributed by atoms with E-state index in [0.29, 0.717) is 21.9 Å². The van der Waals surface area contributed by atoms with Crippen LogP contribution in [0.1, 0.15) is 50.8 Å². The van der Waals surface area contributed by atoms with Crippen molar-refractivity contribution in [1.82, 2.24) is 16.0 Å². The number of nitrogens with one attached hydrogen (secondary N) is 3. The predicted molar refractivity (Wildman–Crippen MR) is 189 cm³/mol. The average Bonchev–Trinajstić information content (AvgIpc) is 3.10. The molecule has 0 aromatic heterocycles. The smallest absolute Gasteiger partial charge is 0.244 e. The molecule has 1 aliphatic rings. The number of benzene rings is 2. The average molecular weight is 716 g/mol. The first-order chi connectivity index (χ1) is 23.8. The molecule has 0 bridgehead atoms. The molecule has 3 amide bonds. The lowest BCUT2D eigenvalue weighted by Gasteiger charge is -2.35. The third kappa shape index (κ3) is 11.9.